The molecular formula is C55H65NO2Si2. The van der Waals surface area contributed by atoms with Gasteiger partial charge in [0, 0.05) is 17.7 Å². The zero-order chi connectivity index (χ0) is 42.3. The van der Waals surface area contributed by atoms with Crippen molar-refractivity contribution < 1.29 is 8.85 Å². The molecule has 0 bridgehead atoms. The second-order valence-corrected chi connectivity index (χ2v) is 27.6. The average molecular weight is 828 g/mol. The average Bonchev–Trinajstić information content (AvgIpc) is 3.27. The molecule has 2 N–H and O–H groups in total. The Morgan fingerprint density at radius 1 is 0.450 bits per heavy atom. The summed E-state index contributed by atoms with van der Waals surface area (Å²) in [5.41, 5.74) is 8.35. The van der Waals surface area contributed by atoms with Gasteiger partial charge in [0.2, 0.25) is 0 Å². The van der Waals surface area contributed by atoms with E-state index in [-0.39, 0.29) is 10.1 Å². The van der Waals surface area contributed by atoms with Crippen molar-refractivity contribution in [3.05, 3.63) is 156 Å². The monoisotopic (exact) mass is 827 g/mol. The van der Waals surface area contributed by atoms with Crippen LogP contribution in [0.2, 0.25) is 10.1 Å². The summed E-state index contributed by atoms with van der Waals surface area (Å²) in [6, 6.07) is 50.2. The van der Waals surface area contributed by atoms with Gasteiger partial charge in [0.1, 0.15) is 11.2 Å². The Labute approximate surface area is 363 Å². The van der Waals surface area contributed by atoms with Gasteiger partial charge < -0.3 is 14.6 Å². The predicted octanol–water partition coefficient (Wildman–Crippen LogP) is 10.4. The van der Waals surface area contributed by atoms with Crippen molar-refractivity contribution in [1.82, 2.24) is 0 Å². The highest BCUT2D eigenvalue weighted by molar-refractivity contribution is 7.00. The van der Waals surface area contributed by atoms with E-state index in [2.05, 4.69) is 205 Å². The maximum absolute atomic E-state index is 7.91. The van der Waals surface area contributed by atoms with Gasteiger partial charge in [-0.2, -0.15) is 0 Å². The molecule has 5 aromatic rings. The molecule has 0 unspecified atom stereocenters. The van der Waals surface area contributed by atoms with Gasteiger partial charge >= 0.3 is 0 Å². The number of nitrogens with two attached hydrogens (primary N) is 1. The Morgan fingerprint density at radius 3 is 1.02 bits per heavy atom. The Bertz CT molecular complexity index is 2050. The molecule has 310 valence electrons. The van der Waals surface area contributed by atoms with E-state index in [1.807, 2.05) is 0 Å². The molecule has 2 aliphatic rings. The van der Waals surface area contributed by atoms with Crippen molar-refractivity contribution in [1.29, 1.82) is 0 Å². The van der Waals surface area contributed by atoms with Crippen LogP contribution in [0.15, 0.2) is 140 Å². The fraction of sp³-hybridized carbons (Fsp3) is 0.382. The van der Waals surface area contributed by atoms with Crippen molar-refractivity contribution in [2.24, 2.45) is 5.73 Å². The molecule has 3 nitrogen and oxygen atoms in total. The van der Waals surface area contributed by atoms with Gasteiger partial charge in [0.05, 0.1) is 0 Å². The molecule has 2 fully saturated rings. The molecule has 0 radical (unpaired) electrons. The van der Waals surface area contributed by atoms with Gasteiger partial charge in [-0.3, -0.25) is 0 Å². The first-order valence-electron chi connectivity index (χ1n) is 22.4. The molecular weight excluding hydrogens is 763 g/mol. The van der Waals surface area contributed by atoms with E-state index < -0.39 is 27.8 Å². The fourth-order valence-corrected chi connectivity index (χ4v) is 19.6. The lowest BCUT2D eigenvalue weighted by atomic mass is 9.84. The van der Waals surface area contributed by atoms with Gasteiger partial charge in [-0.25, -0.2) is 0 Å². The van der Waals surface area contributed by atoms with Crippen LogP contribution >= 0.6 is 0 Å². The third kappa shape index (κ3) is 8.81. The number of hydrogen-bond donors (Lipinski definition) is 1. The minimum absolute atomic E-state index is 0.147. The van der Waals surface area contributed by atoms with Gasteiger partial charge in [-0.15, -0.1) is 0 Å². The van der Waals surface area contributed by atoms with Gasteiger partial charge in [0.15, 0.2) is 0 Å². The molecule has 0 aliphatic heterocycles. The summed E-state index contributed by atoms with van der Waals surface area (Å²) in [4.78, 5) is 0. The number of hydrogen-bond acceptors (Lipinski definition) is 3. The first-order valence-corrected chi connectivity index (χ1v) is 26.2. The van der Waals surface area contributed by atoms with Crippen LogP contribution in [0.4, 0.5) is 0 Å². The number of rotatable bonds is 9. The molecule has 5 heteroatoms. The van der Waals surface area contributed by atoms with Crippen LogP contribution in [0.1, 0.15) is 122 Å². The summed E-state index contributed by atoms with van der Waals surface area (Å²) in [7, 11) is -5.73. The second kappa shape index (κ2) is 18.3. The third-order valence-corrected chi connectivity index (χ3v) is 23.3. The van der Waals surface area contributed by atoms with E-state index >= 15 is 0 Å². The topological polar surface area (TPSA) is 44.5 Å². The van der Waals surface area contributed by atoms with Crippen LogP contribution in [0.5, 0.6) is 0 Å². The van der Waals surface area contributed by atoms with Crippen LogP contribution in [-0.4, -0.2) is 27.8 Å². The predicted molar refractivity (Wildman–Crippen MR) is 257 cm³/mol. The van der Waals surface area contributed by atoms with E-state index in [1.165, 1.54) is 33.6 Å². The smallest absolute Gasteiger partial charge is 0.263 e. The molecule has 0 heterocycles. The normalized spacial score (nSPS) is 16.8. The third-order valence-electron chi connectivity index (χ3n) is 13.1. The van der Waals surface area contributed by atoms with Crippen LogP contribution in [0, 0.1) is 23.7 Å². The van der Waals surface area contributed by atoms with E-state index in [4.69, 9.17) is 14.6 Å². The van der Waals surface area contributed by atoms with Crippen molar-refractivity contribution in [2.75, 3.05) is 0 Å². The molecule has 0 aromatic heterocycles. The molecule has 60 heavy (non-hydrogen) atoms. The Kier molecular flexibility index (Phi) is 13.3. The summed E-state index contributed by atoms with van der Waals surface area (Å²) >= 11 is 0. The Morgan fingerprint density at radius 2 is 0.750 bits per heavy atom. The highest BCUT2D eigenvalue weighted by Crippen LogP contribution is 2.45. The van der Waals surface area contributed by atoms with E-state index in [0.29, 0.717) is 6.54 Å². The van der Waals surface area contributed by atoms with Crippen molar-refractivity contribution in [2.45, 2.75) is 134 Å². The molecule has 2 aliphatic carbocycles. The van der Waals surface area contributed by atoms with Crippen molar-refractivity contribution in [3.8, 4) is 23.7 Å². The van der Waals surface area contributed by atoms with Crippen LogP contribution in [-0.2, 0) is 15.4 Å². The molecule has 5 aromatic carbocycles. The molecule has 0 amide bonds. The lowest BCUT2D eigenvalue weighted by molar-refractivity contribution is 0.0761. The summed E-state index contributed by atoms with van der Waals surface area (Å²) in [6.07, 6.45) is 10.4. The lowest BCUT2D eigenvalue weighted by Gasteiger charge is -2.49. The molecule has 0 saturated heterocycles. The fourth-order valence-electron chi connectivity index (χ4n) is 10.0. The molecule has 2 saturated carbocycles. The summed E-state index contributed by atoms with van der Waals surface area (Å²) in [5.74, 6) is 15.1. The number of benzene rings is 5. The SMILES string of the molecule is CC(C)(C)[Si](OC1(C#Cc2cccc(C#CC3(O[Si](c4ccccc4)(c4ccccc4)C(C)(C)C)CCCCC3)c2CN)CCCCC1)(c1ccccc1)c1ccccc1. The highest BCUT2D eigenvalue weighted by Gasteiger charge is 2.56. The van der Waals surface area contributed by atoms with Crippen LogP contribution in [0.3, 0.4) is 0 Å². The van der Waals surface area contributed by atoms with Gasteiger partial charge in [-0.1, -0.05) is 205 Å². The Balaban J connectivity index is 1.32. The largest absolute Gasteiger partial charge is 0.391 e. The first-order chi connectivity index (χ1) is 28.9. The lowest BCUT2D eigenvalue weighted by Crippen LogP contribution is -2.69. The first kappa shape index (κ1) is 43.6. The van der Waals surface area contributed by atoms with Crippen LogP contribution < -0.4 is 26.5 Å². The minimum Gasteiger partial charge on any atom is -0.391 e. The zero-order valence-electron chi connectivity index (χ0n) is 37.0. The van der Waals surface area contributed by atoms with E-state index in [0.717, 1.165) is 68.1 Å². The molecule has 7 rings (SSSR count). The Hall–Kier alpha value is -4.47. The quantitative estimate of drug-likeness (QED) is 0.119. The molecule has 0 atom stereocenters. The summed E-state index contributed by atoms with van der Waals surface area (Å²) < 4.78 is 15.8. The van der Waals surface area contributed by atoms with Gasteiger partial charge in [0.25, 0.3) is 16.6 Å². The molecule has 0 spiro atoms. The maximum Gasteiger partial charge on any atom is 0.263 e. The van der Waals surface area contributed by atoms with Gasteiger partial charge in [-0.05, 0) is 99.9 Å². The second-order valence-electron chi connectivity index (χ2n) is 19.2. The minimum atomic E-state index is -2.86. The highest BCUT2D eigenvalue weighted by atomic mass is 28.4. The van der Waals surface area contributed by atoms with Crippen molar-refractivity contribution in [3.63, 3.8) is 0 Å². The zero-order valence-corrected chi connectivity index (χ0v) is 39.0. The van der Waals surface area contributed by atoms with E-state index in [9.17, 15) is 0 Å². The van der Waals surface area contributed by atoms with E-state index in [1.54, 1.807) is 0 Å². The van der Waals surface area contributed by atoms with Crippen LogP contribution in [0.25, 0.3) is 0 Å². The standard InChI is InChI=1S/C55H65NO2Si2/c1-52(2,3)59(47-28-13-7-14-29-47,48-30-15-8-16-31-48)57-54(38-21-11-22-39-54)42-36-45-26-25-27-46(51(45)44-56)37-43-55(40-23-12-24-41-55)58-60(53(4,5)6,49-32-17-9-18-33-49)50-34-19-10-20-35-50/h7-10,13-20,25-35H,11-12,21-24,38-41,44,56H2,1-6H3. The summed E-state index contributed by atoms with van der Waals surface area (Å²) in [5, 5.41) is 4.84. The van der Waals surface area contributed by atoms with Crippen molar-refractivity contribution >= 4 is 37.4 Å². The summed E-state index contributed by atoms with van der Waals surface area (Å²) in [6.45, 7) is 14.5. The maximum atomic E-state index is 7.91.